The molecule has 1 amide bonds. The Morgan fingerprint density at radius 2 is 1.88 bits per heavy atom. The maximum atomic E-state index is 11.9. The highest BCUT2D eigenvalue weighted by atomic mass is 16.4. The molecule has 3 N–H and O–H groups in total. The zero-order valence-corrected chi connectivity index (χ0v) is 13.8. The van der Waals surface area contributed by atoms with E-state index in [1.807, 2.05) is 30.3 Å². The van der Waals surface area contributed by atoms with Crippen molar-refractivity contribution in [1.29, 1.82) is 0 Å². The number of carboxylic acids is 1. The van der Waals surface area contributed by atoms with E-state index < -0.39 is 18.4 Å². The van der Waals surface area contributed by atoms with Crippen LogP contribution in [0.25, 0.3) is 22.8 Å². The van der Waals surface area contributed by atoms with Crippen molar-refractivity contribution in [3.63, 3.8) is 0 Å². The number of carbonyl (C=O) groups excluding carboxylic acids is 1. The summed E-state index contributed by atoms with van der Waals surface area (Å²) in [5, 5.41) is 21.0. The average Bonchev–Trinajstić information content (AvgIpc) is 3.12. The van der Waals surface area contributed by atoms with Crippen molar-refractivity contribution >= 4 is 11.9 Å². The van der Waals surface area contributed by atoms with Gasteiger partial charge < -0.3 is 19.9 Å². The summed E-state index contributed by atoms with van der Waals surface area (Å²) in [5.74, 6) is -1.50. The second-order valence-corrected chi connectivity index (χ2v) is 5.47. The molecule has 0 unspecified atom stereocenters. The van der Waals surface area contributed by atoms with Crippen molar-refractivity contribution in [1.82, 2.24) is 15.3 Å². The van der Waals surface area contributed by atoms with Gasteiger partial charge in [0.1, 0.15) is 6.54 Å². The fourth-order valence-electron chi connectivity index (χ4n) is 2.36. The molecule has 0 saturated heterocycles. The molecule has 3 rings (SSSR count). The summed E-state index contributed by atoms with van der Waals surface area (Å²) < 4.78 is 5.73. The van der Waals surface area contributed by atoms with Crippen LogP contribution in [0.4, 0.5) is 0 Å². The molecule has 26 heavy (non-hydrogen) atoms. The van der Waals surface area contributed by atoms with E-state index in [2.05, 4.69) is 15.3 Å². The molecule has 0 aliphatic carbocycles. The minimum Gasteiger partial charge on any atom is -0.505 e. The van der Waals surface area contributed by atoms with Crippen molar-refractivity contribution in [3.8, 4) is 28.5 Å². The highest BCUT2D eigenvalue weighted by molar-refractivity contribution is 5.97. The number of carboxylic acid groups (broad SMARTS) is 1. The summed E-state index contributed by atoms with van der Waals surface area (Å²) in [7, 11) is 0. The minimum absolute atomic E-state index is 0.254. The molecule has 1 aromatic carbocycles. The number of hydrogen-bond acceptors (Lipinski definition) is 6. The molecule has 2 heterocycles. The van der Waals surface area contributed by atoms with Gasteiger partial charge in [-0.3, -0.25) is 9.59 Å². The molecule has 0 aliphatic heterocycles. The van der Waals surface area contributed by atoms with Crippen LogP contribution >= 0.6 is 0 Å². The highest BCUT2D eigenvalue weighted by Gasteiger charge is 2.20. The number of nitrogens with zero attached hydrogens (tertiary/aromatic N) is 2. The molecule has 2 aromatic heterocycles. The summed E-state index contributed by atoms with van der Waals surface area (Å²) in [6, 6.07) is 9.32. The lowest BCUT2D eigenvalue weighted by atomic mass is 10.1. The van der Waals surface area contributed by atoms with Crippen LogP contribution in [0.15, 0.2) is 47.1 Å². The molecule has 8 heteroatoms. The average molecular weight is 353 g/mol. The standard InChI is InChI=1S/C18H15N3O5/c1-10-12(7-19-15(16(10)24)17(25)20-9-14(22)23)13-8-21-18(26-13)11-5-3-2-4-6-11/h2-8,24H,9H2,1H3,(H,20,25)(H,22,23). The van der Waals surface area contributed by atoms with E-state index in [0.29, 0.717) is 22.8 Å². The van der Waals surface area contributed by atoms with E-state index in [-0.39, 0.29) is 11.4 Å². The van der Waals surface area contributed by atoms with Gasteiger partial charge in [-0.25, -0.2) is 9.97 Å². The fourth-order valence-corrected chi connectivity index (χ4v) is 2.36. The minimum atomic E-state index is -1.19. The van der Waals surface area contributed by atoms with E-state index >= 15 is 0 Å². The lowest BCUT2D eigenvalue weighted by Gasteiger charge is -2.09. The molecule has 132 valence electrons. The van der Waals surface area contributed by atoms with Crippen molar-refractivity contribution in [2.24, 2.45) is 0 Å². The molecular weight excluding hydrogens is 338 g/mol. The first kappa shape index (κ1) is 17.2. The van der Waals surface area contributed by atoms with Gasteiger partial charge in [0.25, 0.3) is 5.91 Å². The Kier molecular flexibility index (Phi) is 4.66. The molecule has 0 saturated carbocycles. The third-order valence-corrected chi connectivity index (χ3v) is 3.71. The van der Waals surface area contributed by atoms with Gasteiger partial charge in [-0.1, -0.05) is 18.2 Å². The van der Waals surface area contributed by atoms with Gasteiger partial charge in [-0.15, -0.1) is 0 Å². The van der Waals surface area contributed by atoms with Gasteiger partial charge in [0.05, 0.1) is 6.20 Å². The fraction of sp³-hybridized carbons (Fsp3) is 0.111. The molecule has 0 fully saturated rings. The van der Waals surface area contributed by atoms with Crippen LogP contribution in [0.1, 0.15) is 16.1 Å². The summed E-state index contributed by atoms with van der Waals surface area (Å²) >= 11 is 0. The van der Waals surface area contributed by atoms with Crippen LogP contribution in [0.2, 0.25) is 0 Å². The first-order valence-corrected chi connectivity index (χ1v) is 7.67. The number of carbonyl (C=O) groups is 2. The number of nitrogens with one attached hydrogen (secondary N) is 1. The smallest absolute Gasteiger partial charge is 0.322 e. The summed E-state index contributed by atoms with van der Waals surface area (Å²) in [6.45, 7) is 1.04. The first-order valence-electron chi connectivity index (χ1n) is 7.67. The van der Waals surface area contributed by atoms with E-state index in [1.165, 1.54) is 12.4 Å². The van der Waals surface area contributed by atoms with Crippen molar-refractivity contribution in [2.45, 2.75) is 6.92 Å². The predicted molar refractivity (Wildman–Crippen MR) is 91.5 cm³/mol. The zero-order chi connectivity index (χ0) is 18.7. The van der Waals surface area contributed by atoms with Crippen molar-refractivity contribution in [3.05, 3.63) is 54.0 Å². The predicted octanol–water partition coefficient (Wildman–Crippen LogP) is 2.23. The van der Waals surface area contributed by atoms with Crippen LogP contribution in [-0.2, 0) is 4.79 Å². The molecule has 0 atom stereocenters. The summed E-state index contributed by atoms with van der Waals surface area (Å²) in [4.78, 5) is 30.6. The molecule has 3 aromatic rings. The number of hydrogen-bond donors (Lipinski definition) is 3. The van der Waals surface area contributed by atoms with Crippen LogP contribution in [0.5, 0.6) is 5.75 Å². The molecule has 0 spiro atoms. The summed E-state index contributed by atoms with van der Waals surface area (Å²) in [6.07, 6.45) is 2.88. The van der Waals surface area contributed by atoms with E-state index in [4.69, 9.17) is 9.52 Å². The first-order chi connectivity index (χ1) is 12.5. The van der Waals surface area contributed by atoms with E-state index in [0.717, 1.165) is 5.56 Å². The van der Waals surface area contributed by atoms with Crippen LogP contribution < -0.4 is 5.32 Å². The number of benzene rings is 1. The van der Waals surface area contributed by atoms with E-state index in [9.17, 15) is 14.7 Å². The Labute approximate surface area is 148 Å². The van der Waals surface area contributed by atoms with Gasteiger partial charge in [-0.2, -0.15) is 0 Å². The molecule has 0 radical (unpaired) electrons. The Morgan fingerprint density at radius 3 is 2.58 bits per heavy atom. The van der Waals surface area contributed by atoms with Gasteiger partial charge >= 0.3 is 5.97 Å². The Bertz CT molecular complexity index is 966. The van der Waals surface area contributed by atoms with Gasteiger partial charge in [0, 0.05) is 22.9 Å². The monoisotopic (exact) mass is 353 g/mol. The molecule has 0 aliphatic rings. The topological polar surface area (TPSA) is 126 Å². The highest BCUT2D eigenvalue weighted by Crippen LogP contribution is 2.32. The molecule has 0 bridgehead atoms. The number of pyridine rings is 1. The van der Waals surface area contributed by atoms with Gasteiger partial charge in [0.2, 0.25) is 5.89 Å². The largest absolute Gasteiger partial charge is 0.505 e. The molecular formula is C18H15N3O5. The lowest BCUT2D eigenvalue weighted by Crippen LogP contribution is -2.30. The Balaban J connectivity index is 1.90. The summed E-state index contributed by atoms with van der Waals surface area (Å²) in [5.41, 5.74) is 1.40. The van der Waals surface area contributed by atoms with Crippen molar-refractivity contribution < 1.29 is 24.2 Å². The zero-order valence-electron chi connectivity index (χ0n) is 13.8. The third kappa shape index (κ3) is 3.39. The second kappa shape index (κ2) is 7.06. The number of aromatic hydroxyl groups is 1. The van der Waals surface area contributed by atoms with Gasteiger partial charge in [-0.05, 0) is 19.1 Å². The number of aromatic nitrogens is 2. The normalized spacial score (nSPS) is 10.5. The Morgan fingerprint density at radius 1 is 1.15 bits per heavy atom. The van der Waals surface area contributed by atoms with Crippen LogP contribution in [-0.4, -0.2) is 38.6 Å². The second-order valence-electron chi connectivity index (χ2n) is 5.47. The number of rotatable bonds is 5. The maximum Gasteiger partial charge on any atom is 0.322 e. The number of amides is 1. The van der Waals surface area contributed by atoms with Crippen LogP contribution in [0.3, 0.4) is 0 Å². The third-order valence-electron chi connectivity index (χ3n) is 3.71. The van der Waals surface area contributed by atoms with Crippen LogP contribution in [0, 0.1) is 6.92 Å². The lowest BCUT2D eigenvalue weighted by molar-refractivity contribution is -0.135. The van der Waals surface area contributed by atoms with E-state index in [1.54, 1.807) is 6.92 Å². The van der Waals surface area contributed by atoms with Gasteiger partial charge in [0.15, 0.2) is 17.2 Å². The van der Waals surface area contributed by atoms with Crippen molar-refractivity contribution in [2.75, 3.05) is 6.54 Å². The quantitative estimate of drug-likeness (QED) is 0.642. The number of aliphatic carboxylic acids is 1. The molecule has 8 nitrogen and oxygen atoms in total. The SMILES string of the molecule is Cc1c(-c2cnc(-c3ccccc3)o2)cnc(C(=O)NCC(=O)O)c1O. The maximum absolute atomic E-state index is 11.9. The Hall–Kier alpha value is -3.68. The number of oxazole rings is 1.